The summed E-state index contributed by atoms with van der Waals surface area (Å²) in [6.45, 7) is 7.53. The van der Waals surface area contributed by atoms with Crippen LogP contribution in [0.2, 0.25) is 0 Å². The zero-order chi connectivity index (χ0) is 15.9. The number of piperazine rings is 1. The molecule has 8 heteroatoms. The number of urea groups is 1. The van der Waals surface area contributed by atoms with Crippen molar-refractivity contribution in [3.63, 3.8) is 0 Å². The van der Waals surface area contributed by atoms with Crippen molar-refractivity contribution in [2.75, 3.05) is 52.5 Å². The molecule has 3 heterocycles. The average molecular weight is 322 g/mol. The Morgan fingerprint density at radius 1 is 1.26 bits per heavy atom. The first-order valence-electron chi connectivity index (χ1n) is 8.46. The molecule has 2 amide bonds. The Morgan fingerprint density at radius 3 is 2.83 bits per heavy atom. The van der Waals surface area contributed by atoms with Crippen LogP contribution >= 0.6 is 0 Å². The van der Waals surface area contributed by atoms with Crippen LogP contribution in [0.4, 0.5) is 4.79 Å². The predicted molar refractivity (Wildman–Crippen MR) is 85.0 cm³/mol. The summed E-state index contributed by atoms with van der Waals surface area (Å²) >= 11 is 0. The lowest BCUT2D eigenvalue weighted by Gasteiger charge is -2.35. The third-order valence-electron chi connectivity index (χ3n) is 4.57. The fourth-order valence-electron chi connectivity index (χ4n) is 3.08. The zero-order valence-corrected chi connectivity index (χ0v) is 13.6. The minimum absolute atomic E-state index is 0.0616. The molecule has 2 saturated heterocycles. The van der Waals surface area contributed by atoms with Crippen molar-refractivity contribution in [1.82, 2.24) is 29.9 Å². The fourth-order valence-corrected chi connectivity index (χ4v) is 3.08. The summed E-state index contributed by atoms with van der Waals surface area (Å²) in [6.07, 6.45) is 5.54. The second-order valence-electron chi connectivity index (χ2n) is 6.26. The first kappa shape index (κ1) is 16.2. The van der Waals surface area contributed by atoms with E-state index in [1.54, 1.807) is 12.7 Å². The van der Waals surface area contributed by atoms with E-state index in [-0.39, 0.29) is 6.03 Å². The highest BCUT2D eigenvalue weighted by molar-refractivity contribution is 5.74. The predicted octanol–water partition coefficient (Wildman–Crippen LogP) is 0.0319. The molecule has 3 rings (SSSR count). The Bertz CT molecular complexity index is 466. The molecule has 8 nitrogen and oxygen atoms in total. The largest absolute Gasteiger partial charge is 0.381 e. The summed E-state index contributed by atoms with van der Waals surface area (Å²) in [6, 6.07) is 0.0616. The van der Waals surface area contributed by atoms with Crippen molar-refractivity contribution in [3.8, 4) is 0 Å². The Morgan fingerprint density at radius 2 is 2.13 bits per heavy atom. The third kappa shape index (κ3) is 4.90. The molecule has 1 N–H and O–H groups in total. The molecule has 2 aliphatic heterocycles. The minimum Gasteiger partial charge on any atom is -0.381 e. The first-order valence-corrected chi connectivity index (χ1v) is 8.46. The molecule has 1 aromatic heterocycles. The number of carbonyl (C=O) groups excluding carboxylic acids is 1. The van der Waals surface area contributed by atoms with Gasteiger partial charge in [-0.1, -0.05) is 0 Å². The summed E-state index contributed by atoms with van der Waals surface area (Å²) in [5, 5.41) is 7.16. The highest BCUT2D eigenvalue weighted by Crippen LogP contribution is 2.12. The maximum absolute atomic E-state index is 12.2. The average Bonchev–Trinajstić information content (AvgIpc) is 3.13. The normalized spacial score (nSPS) is 23.0. The molecule has 1 unspecified atom stereocenters. The Labute approximate surface area is 136 Å². The summed E-state index contributed by atoms with van der Waals surface area (Å²) in [5.74, 6) is 0.469. The Hall–Kier alpha value is -1.67. The van der Waals surface area contributed by atoms with Crippen LogP contribution in [0.1, 0.15) is 12.8 Å². The van der Waals surface area contributed by atoms with Gasteiger partial charge in [-0.15, -0.1) is 0 Å². The first-order chi connectivity index (χ1) is 11.3. The molecular formula is C15H26N6O2. The molecule has 23 heavy (non-hydrogen) atoms. The standard InChI is InChI=1S/C15H26N6O2/c22-15(17-10-14-2-1-9-23-11-14)20-6-3-19(4-7-20)5-8-21-13-16-12-18-21/h12-14H,1-11H2,(H,17,22). The number of hydrogen-bond acceptors (Lipinski definition) is 5. The fraction of sp³-hybridized carbons (Fsp3) is 0.800. The van der Waals surface area contributed by atoms with Crippen molar-refractivity contribution in [2.24, 2.45) is 5.92 Å². The van der Waals surface area contributed by atoms with E-state index in [2.05, 4.69) is 20.3 Å². The van der Waals surface area contributed by atoms with Gasteiger partial charge >= 0.3 is 6.03 Å². The number of aromatic nitrogens is 3. The molecule has 0 aromatic carbocycles. The zero-order valence-electron chi connectivity index (χ0n) is 13.6. The maximum Gasteiger partial charge on any atom is 0.317 e. The molecule has 2 aliphatic rings. The topological polar surface area (TPSA) is 75.5 Å². The van der Waals surface area contributed by atoms with E-state index in [1.165, 1.54) is 0 Å². The lowest BCUT2D eigenvalue weighted by Crippen LogP contribution is -2.52. The summed E-state index contributed by atoms with van der Waals surface area (Å²) in [4.78, 5) is 20.4. The number of ether oxygens (including phenoxy) is 1. The van der Waals surface area contributed by atoms with Crippen LogP contribution in [0.3, 0.4) is 0 Å². The number of nitrogens with zero attached hydrogens (tertiary/aromatic N) is 5. The van der Waals surface area contributed by atoms with Gasteiger partial charge in [0.2, 0.25) is 0 Å². The van der Waals surface area contributed by atoms with Gasteiger partial charge in [0.15, 0.2) is 0 Å². The highest BCUT2D eigenvalue weighted by Gasteiger charge is 2.22. The second kappa shape index (κ2) is 8.26. The van der Waals surface area contributed by atoms with Crippen molar-refractivity contribution < 1.29 is 9.53 Å². The summed E-state index contributed by atoms with van der Waals surface area (Å²) < 4.78 is 7.29. The lowest BCUT2D eigenvalue weighted by molar-refractivity contribution is 0.0547. The minimum atomic E-state index is 0.0616. The summed E-state index contributed by atoms with van der Waals surface area (Å²) in [7, 11) is 0. The van der Waals surface area contributed by atoms with Gasteiger partial charge in [-0.25, -0.2) is 9.78 Å². The van der Waals surface area contributed by atoms with Gasteiger partial charge in [-0.2, -0.15) is 5.10 Å². The molecule has 0 aliphatic carbocycles. The van der Waals surface area contributed by atoms with Crippen LogP contribution < -0.4 is 5.32 Å². The van der Waals surface area contributed by atoms with Crippen LogP contribution in [-0.2, 0) is 11.3 Å². The SMILES string of the molecule is O=C(NCC1CCCOC1)N1CCN(CCn2cncn2)CC1. The molecule has 1 atom stereocenters. The maximum atomic E-state index is 12.2. The van der Waals surface area contributed by atoms with Gasteiger partial charge in [0.25, 0.3) is 0 Å². The van der Waals surface area contributed by atoms with Gasteiger partial charge in [-0.3, -0.25) is 9.58 Å². The molecule has 2 fully saturated rings. The van der Waals surface area contributed by atoms with Crippen LogP contribution in [0, 0.1) is 5.92 Å². The van der Waals surface area contributed by atoms with Crippen molar-refractivity contribution in [1.29, 1.82) is 0 Å². The van der Waals surface area contributed by atoms with Crippen molar-refractivity contribution in [2.45, 2.75) is 19.4 Å². The van der Waals surface area contributed by atoms with Crippen LogP contribution in [0.25, 0.3) is 0 Å². The van der Waals surface area contributed by atoms with E-state index in [0.29, 0.717) is 5.92 Å². The van der Waals surface area contributed by atoms with Crippen LogP contribution in [-0.4, -0.2) is 83.1 Å². The van der Waals surface area contributed by atoms with E-state index in [4.69, 9.17) is 4.74 Å². The van der Waals surface area contributed by atoms with E-state index in [9.17, 15) is 4.79 Å². The number of amides is 2. The van der Waals surface area contributed by atoms with Gasteiger partial charge in [0, 0.05) is 45.9 Å². The molecule has 0 radical (unpaired) electrons. The van der Waals surface area contributed by atoms with Crippen molar-refractivity contribution in [3.05, 3.63) is 12.7 Å². The monoisotopic (exact) mass is 322 g/mol. The van der Waals surface area contributed by atoms with E-state index in [1.807, 2.05) is 9.58 Å². The highest BCUT2D eigenvalue weighted by atomic mass is 16.5. The quantitative estimate of drug-likeness (QED) is 0.828. The number of nitrogens with one attached hydrogen (secondary N) is 1. The molecule has 0 bridgehead atoms. The molecular weight excluding hydrogens is 296 g/mol. The van der Waals surface area contributed by atoms with Gasteiger partial charge in [0.1, 0.15) is 12.7 Å². The van der Waals surface area contributed by atoms with Crippen LogP contribution in [0.5, 0.6) is 0 Å². The smallest absolute Gasteiger partial charge is 0.317 e. The van der Waals surface area contributed by atoms with E-state index in [0.717, 1.165) is 71.9 Å². The summed E-state index contributed by atoms with van der Waals surface area (Å²) in [5.41, 5.74) is 0. The number of rotatable bonds is 5. The number of hydrogen-bond donors (Lipinski definition) is 1. The van der Waals surface area contributed by atoms with Gasteiger partial charge < -0.3 is 15.0 Å². The molecule has 128 valence electrons. The second-order valence-corrected chi connectivity index (χ2v) is 6.26. The van der Waals surface area contributed by atoms with E-state index < -0.39 is 0 Å². The molecule has 0 spiro atoms. The van der Waals surface area contributed by atoms with Gasteiger partial charge in [-0.05, 0) is 18.8 Å². The molecule has 1 aromatic rings. The Kier molecular flexibility index (Phi) is 5.82. The van der Waals surface area contributed by atoms with E-state index >= 15 is 0 Å². The lowest BCUT2D eigenvalue weighted by atomic mass is 10.0. The molecule has 0 saturated carbocycles. The third-order valence-corrected chi connectivity index (χ3v) is 4.57. The number of carbonyl (C=O) groups is 1. The van der Waals surface area contributed by atoms with Crippen LogP contribution in [0.15, 0.2) is 12.7 Å². The van der Waals surface area contributed by atoms with Gasteiger partial charge in [0.05, 0.1) is 13.2 Å². The Balaban J connectivity index is 1.32. The van der Waals surface area contributed by atoms with Crippen molar-refractivity contribution >= 4 is 6.03 Å².